The highest BCUT2D eigenvalue weighted by molar-refractivity contribution is 6.02. The fraction of sp³-hybridized carbons (Fsp3) is 0.280. The number of guanidine groups is 1. The third-order valence-corrected chi connectivity index (χ3v) is 5.59. The van der Waals surface area contributed by atoms with Crippen LogP contribution < -0.4 is 16.0 Å². The molecule has 0 atom stereocenters. The van der Waals surface area contributed by atoms with Crippen molar-refractivity contribution in [2.45, 2.75) is 31.7 Å². The second kappa shape index (κ2) is 9.68. The largest absolute Gasteiger partial charge is 0.459 e. The zero-order valence-corrected chi connectivity index (χ0v) is 18.0. The predicted molar refractivity (Wildman–Crippen MR) is 123 cm³/mol. The van der Waals surface area contributed by atoms with Crippen molar-refractivity contribution in [1.82, 2.24) is 10.6 Å². The minimum Gasteiger partial charge on any atom is -0.459 e. The summed E-state index contributed by atoms with van der Waals surface area (Å²) in [7, 11) is 0. The van der Waals surface area contributed by atoms with Crippen LogP contribution in [-0.2, 0) is 12.0 Å². The van der Waals surface area contributed by atoms with Crippen LogP contribution in [0.4, 0.5) is 10.1 Å². The Balaban J connectivity index is 1.39. The van der Waals surface area contributed by atoms with Gasteiger partial charge >= 0.3 is 0 Å². The topological polar surface area (TPSA) is 78.7 Å². The molecule has 1 aliphatic carbocycles. The maximum absolute atomic E-state index is 14.3. The first-order chi connectivity index (χ1) is 15.6. The second-order valence-corrected chi connectivity index (χ2v) is 7.94. The number of hydrogen-bond donors (Lipinski definition) is 3. The highest BCUT2D eigenvalue weighted by Crippen LogP contribution is 2.48. The molecule has 32 heavy (non-hydrogen) atoms. The van der Waals surface area contributed by atoms with Crippen LogP contribution in [-0.4, -0.2) is 25.0 Å². The minimum atomic E-state index is -0.298. The van der Waals surface area contributed by atoms with Crippen molar-refractivity contribution in [1.29, 1.82) is 0 Å². The summed E-state index contributed by atoms with van der Waals surface area (Å²) in [6, 6.07) is 17.8. The zero-order chi connectivity index (χ0) is 22.4. The minimum absolute atomic E-state index is 0.151. The van der Waals surface area contributed by atoms with E-state index in [0.717, 1.165) is 30.5 Å². The molecule has 2 aromatic carbocycles. The van der Waals surface area contributed by atoms with Crippen LogP contribution in [0.2, 0.25) is 0 Å². The molecule has 1 heterocycles. The smallest absolute Gasteiger partial charge is 0.291 e. The summed E-state index contributed by atoms with van der Waals surface area (Å²) in [5.41, 5.74) is 2.23. The molecule has 0 radical (unpaired) electrons. The molecule has 1 saturated carbocycles. The molecule has 1 aromatic heterocycles. The van der Waals surface area contributed by atoms with Gasteiger partial charge in [-0.15, -0.1) is 0 Å². The monoisotopic (exact) mass is 434 g/mol. The number of furan rings is 1. The molecule has 1 amide bonds. The molecule has 4 rings (SSSR count). The quantitative estimate of drug-likeness (QED) is 0.361. The molecule has 3 aromatic rings. The number of carbonyl (C=O) groups is 1. The summed E-state index contributed by atoms with van der Waals surface area (Å²) in [5, 5.41) is 9.45. The number of benzene rings is 2. The summed E-state index contributed by atoms with van der Waals surface area (Å²) in [6.45, 7) is 3.79. The van der Waals surface area contributed by atoms with E-state index in [1.165, 1.54) is 12.3 Å². The van der Waals surface area contributed by atoms with Crippen LogP contribution in [0.15, 0.2) is 76.3 Å². The summed E-state index contributed by atoms with van der Waals surface area (Å²) in [4.78, 5) is 16.9. The van der Waals surface area contributed by atoms with Crippen molar-refractivity contribution in [3.8, 4) is 0 Å². The molecule has 0 unspecified atom stereocenters. The fourth-order valence-corrected chi connectivity index (χ4v) is 3.70. The van der Waals surface area contributed by atoms with E-state index in [1.807, 2.05) is 43.3 Å². The standard InChI is InChI=1S/C25H27FN4O2/c1-2-27-24(29-17-25(12-13-25)20-9-3-4-10-21(20)26)28-16-18-7-5-8-19(15-18)30-23(31)22-11-6-14-32-22/h3-11,14-15H,2,12-13,16-17H2,1H3,(H,30,31)(H2,27,28,29). The van der Waals surface area contributed by atoms with Gasteiger partial charge in [0.1, 0.15) is 5.82 Å². The Morgan fingerprint density at radius 2 is 1.94 bits per heavy atom. The Morgan fingerprint density at radius 3 is 2.66 bits per heavy atom. The van der Waals surface area contributed by atoms with Gasteiger partial charge in [0.25, 0.3) is 5.91 Å². The van der Waals surface area contributed by atoms with Gasteiger partial charge in [0, 0.05) is 24.2 Å². The number of nitrogens with one attached hydrogen (secondary N) is 3. The molecule has 166 valence electrons. The first kappa shape index (κ1) is 21.6. The lowest BCUT2D eigenvalue weighted by Gasteiger charge is -2.19. The Hall–Kier alpha value is -3.61. The van der Waals surface area contributed by atoms with E-state index in [0.29, 0.717) is 24.7 Å². The van der Waals surface area contributed by atoms with Gasteiger partial charge in [0.2, 0.25) is 0 Å². The number of anilines is 1. The van der Waals surface area contributed by atoms with Crippen LogP contribution in [0.25, 0.3) is 0 Å². The summed E-state index contributed by atoms with van der Waals surface area (Å²) >= 11 is 0. The van der Waals surface area contributed by atoms with E-state index in [-0.39, 0.29) is 22.9 Å². The first-order valence-electron chi connectivity index (χ1n) is 10.8. The molecule has 0 saturated heterocycles. The van der Waals surface area contributed by atoms with E-state index in [4.69, 9.17) is 4.42 Å². The van der Waals surface area contributed by atoms with Crippen LogP contribution >= 0.6 is 0 Å². The molecule has 6 nitrogen and oxygen atoms in total. The van der Waals surface area contributed by atoms with Crippen molar-refractivity contribution in [2.75, 3.05) is 18.4 Å². The fourth-order valence-electron chi connectivity index (χ4n) is 3.70. The summed E-state index contributed by atoms with van der Waals surface area (Å²) in [5.74, 6) is 0.492. The predicted octanol–water partition coefficient (Wildman–Crippen LogP) is 4.46. The summed E-state index contributed by atoms with van der Waals surface area (Å²) in [6.07, 6.45) is 3.38. The number of hydrogen-bond acceptors (Lipinski definition) is 3. The zero-order valence-electron chi connectivity index (χ0n) is 18.0. The van der Waals surface area contributed by atoms with E-state index in [2.05, 4.69) is 20.9 Å². The molecular formula is C25H27FN4O2. The molecule has 0 aliphatic heterocycles. The summed E-state index contributed by atoms with van der Waals surface area (Å²) < 4.78 is 19.4. The van der Waals surface area contributed by atoms with Gasteiger partial charge in [-0.1, -0.05) is 30.3 Å². The van der Waals surface area contributed by atoms with Gasteiger partial charge in [-0.2, -0.15) is 0 Å². The van der Waals surface area contributed by atoms with E-state index < -0.39 is 0 Å². The van der Waals surface area contributed by atoms with Crippen LogP contribution in [0, 0.1) is 5.82 Å². The molecule has 1 aliphatic rings. The highest BCUT2D eigenvalue weighted by atomic mass is 19.1. The molecule has 3 N–H and O–H groups in total. The highest BCUT2D eigenvalue weighted by Gasteiger charge is 2.45. The number of carbonyl (C=O) groups excluding carboxylic acids is 1. The Labute approximate surface area is 186 Å². The lowest BCUT2D eigenvalue weighted by molar-refractivity contribution is 0.0996. The maximum atomic E-state index is 14.3. The van der Waals surface area contributed by atoms with Crippen LogP contribution in [0.5, 0.6) is 0 Å². The third kappa shape index (κ3) is 5.17. The van der Waals surface area contributed by atoms with Gasteiger partial charge in [-0.05, 0) is 61.2 Å². The number of rotatable bonds is 8. The van der Waals surface area contributed by atoms with E-state index in [9.17, 15) is 9.18 Å². The normalized spacial score (nSPS) is 14.6. The number of nitrogens with zero attached hydrogens (tertiary/aromatic N) is 1. The lowest BCUT2D eigenvalue weighted by Crippen LogP contribution is -2.41. The van der Waals surface area contributed by atoms with Crippen molar-refractivity contribution < 1.29 is 13.6 Å². The average molecular weight is 435 g/mol. The molecule has 0 bridgehead atoms. The Bertz CT molecular complexity index is 1090. The molecule has 0 spiro atoms. The van der Waals surface area contributed by atoms with Crippen molar-refractivity contribution in [2.24, 2.45) is 4.99 Å². The van der Waals surface area contributed by atoms with Crippen molar-refractivity contribution in [3.63, 3.8) is 0 Å². The van der Waals surface area contributed by atoms with Gasteiger partial charge < -0.3 is 20.4 Å². The Morgan fingerprint density at radius 1 is 1.09 bits per heavy atom. The molecular weight excluding hydrogens is 407 g/mol. The van der Waals surface area contributed by atoms with E-state index >= 15 is 0 Å². The first-order valence-corrected chi connectivity index (χ1v) is 10.8. The van der Waals surface area contributed by atoms with Crippen LogP contribution in [0.3, 0.4) is 0 Å². The number of amides is 1. The SMILES string of the molecule is CCNC(=NCc1cccc(NC(=O)c2ccco2)c1)NCC1(c2ccccc2F)CC1. The average Bonchev–Trinajstić information content (AvgIpc) is 3.37. The van der Waals surface area contributed by atoms with E-state index in [1.54, 1.807) is 18.2 Å². The van der Waals surface area contributed by atoms with Crippen LogP contribution in [0.1, 0.15) is 41.4 Å². The lowest BCUT2D eigenvalue weighted by atomic mass is 9.95. The van der Waals surface area contributed by atoms with Gasteiger partial charge in [-0.25, -0.2) is 9.38 Å². The van der Waals surface area contributed by atoms with Crippen molar-refractivity contribution >= 4 is 17.6 Å². The van der Waals surface area contributed by atoms with Gasteiger partial charge in [0.15, 0.2) is 11.7 Å². The van der Waals surface area contributed by atoms with Gasteiger partial charge in [0.05, 0.1) is 12.8 Å². The van der Waals surface area contributed by atoms with Crippen molar-refractivity contribution in [3.05, 3.63) is 89.6 Å². The van der Waals surface area contributed by atoms with Gasteiger partial charge in [-0.3, -0.25) is 4.79 Å². The third-order valence-electron chi connectivity index (χ3n) is 5.59. The molecule has 7 heteroatoms. The maximum Gasteiger partial charge on any atom is 0.291 e. The Kier molecular flexibility index (Phi) is 6.54. The number of aliphatic imine (C=N–C) groups is 1. The molecule has 1 fully saturated rings. The number of halogens is 1. The second-order valence-electron chi connectivity index (χ2n) is 7.94.